The van der Waals surface area contributed by atoms with Crippen molar-refractivity contribution in [1.82, 2.24) is 5.16 Å². The summed E-state index contributed by atoms with van der Waals surface area (Å²) in [6, 6.07) is 11.7. The molecule has 0 atom stereocenters. The number of aromatic nitrogens is 1. The number of para-hydroxylation sites is 2. The van der Waals surface area contributed by atoms with E-state index < -0.39 is 10.0 Å². The summed E-state index contributed by atoms with van der Waals surface area (Å²) in [4.78, 5) is 11.5. The lowest BCUT2D eigenvalue weighted by molar-refractivity contribution is -0.114. The lowest BCUT2D eigenvalue weighted by Gasteiger charge is -2.14. The topological polar surface area (TPSA) is 111 Å². The quantitative estimate of drug-likeness (QED) is 0.635. The van der Waals surface area contributed by atoms with Crippen LogP contribution in [0.25, 0.3) is 11.1 Å². The number of ether oxygens (including phenoxy) is 1. The Bertz CT molecular complexity index is 1170. The Morgan fingerprint density at radius 3 is 2.55 bits per heavy atom. The van der Waals surface area contributed by atoms with Crippen LogP contribution in [-0.2, 0) is 14.8 Å². The van der Waals surface area contributed by atoms with Crippen LogP contribution in [-0.4, -0.2) is 26.6 Å². The second-order valence-electron chi connectivity index (χ2n) is 6.44. The zero-order valence-corrected chi connectivity index (χ0v) is 17.3. The summed E-state index contributed by atoms with van der Waals surface area (Å²) in [7, 11) is -2.44. The van der Waals surface area contributed by atoms with Gasteiger partial charge in [-0.2, -0.15) is 0 Å². The maximum Gasteiger partial charge on any atom is 0.262 e. The van der Waals surface area contributed by atoms with Crippen molar-refractivity contribution in [3.8, 4) is 16.9 Å². The zero-order valence-electron chi connectivity index (χ0n) is 16.4. The third kappa shape index (κ3) is 4.24. The normalized spacial score (nSPS) is 11.2. The van der Waals surface area contributed by atoms with E-state index in [2.05, 4.69) is 15.2 Å². The van der Waals surface area contributed by atoms with Crippen LogP contribution in [0.5, 0.6) is 5.75 Å². The van der Waals surface area contributed by atoms with Crippen LogP contribution in [0.4, 0.5) is 11.6 Å². The molecule has 2 aromatic carbocycles. The van der Waals surface area contributed by atoms with Crippen LogP contribution in [0.15, 0.2) is 51.9 Å². The van der Waals surface area contributed by atoms with Crippen LogP contribution < -0.4 is 14.8 Å². The van der Waals surface area contributed by atoms with Gasteiger partial charge in [0.2, 0.25) is 11.8 Å². The highest BCUT2D eigenvalue weighted by molar-refractivity contribution is 7.92. The summed E-state index contributed by atoms with van der Waals surface area (Å²) in [5, 5.41) is 6.45. The molecule has 2 N–H and O–H groups in total. The molecule has 0 saturated heterocycles. The van der Waals surface area contributed by atoms with E-state index in [0.717, 1.165) is 0 Å². The molecule has 0 unspecified atom stereocenters. The molecule has 152 valence electrons. The molecule has 3 rings (SSSR count). The van der Waals surface area contributed by atoms with Crippen molar-refractivity contribution in [2.75, 3.05) is 17.1 Å². The summed E-state index contributed by atoms with van der Waals surface area (Å²) in [6.45, 7) is 4.77. The van der Waals surface area contributed by atoms with Gasteiger partial charge in [-0.1, -0.05) is 29.4 Å². The summed E-state index contributed by atoms with van der Waals surface area (Å²) < 4.78 is 39.1. The van der Waals surface area contributed by atoms with E-state index in [-0.39, 0.29) is 16.7 Å². The molecule has 0 aliphatic rings. The van der Waals surface area contributed by atoms with E-state index in [1.165, 1.54) is 20.1 Å². The van der Waals surface area contributed by atoms with Crippen LogP contribution in [0.1, 0.15) is 18.2 Å². The number of rotatable bonds is 6. The second-order valence-corrected chi connectivity index (χ2v) is 8.09. The van der Waals surface area contributed by atoms with Gasteiger partial charge in [0.15, 0.2) is 0 Å². The predicted octanol–water partition coefficient (Wildman–Crippen LogP) is 3.73. The number of anilines is 2. The first kappa shape index (κ1) is 20.4. The van der Waals surface area contributed by atoms with Crippen molar-refractivity contribution in [1.29, 1.82) is 0 Å². The van der Waals surface area contributed by atoms with Crippen molar-refractivity contribution in [2.24, 2.45) is 0 Å². The molecule has 0 aliphatic heterocycles. The summed E-state index contributed by atoms with van der Waals surface area (Å²) in [5.74, 6) is 0.257. The number of sulfonamides is 1. The summed E-state index contributed by atoms with van der Waals surface area (Å²) in [6.07, 6.45) is 0. The Labute approximate surface area is 168 Å². The highest BCUT2D eigenvalue weighted by Gasteiger charge is 2.22. The van der Waals surface area contributed by atoms with Gasteiger partial charge in [-0.25, -0.2) is 8.42 Å². The number of benzene rings is 2. The van der Waals surface area contributed by atoms with Crippen molar-refractivity contribution in [3.05, 3.63) is 53.7 Å². The molecular weight excluding hydrogens is 394 g/mol. The number of carbonyl (C=O) groups is 1. The van der Waals surface area contributed by atoms with Gasteiger partial charge in [-0.15, -0.1) is 0 Å². The van der Waals surface area contributed by atoms with E-state index in [1.807, 2.05) is 0 Å². The zero-order chi connectivity index (χ0) is 21.2. The molecule has 0 spiro atoms. The summed E-state index contributed by atoms with van der Waals surface area (Å²) >= 11 is 0. The fourth-order valence-corrected chi connectivity index (χ4v) is 4.27. The van der Waals surface area contributed by atoms with Crippen LogP contribution in [0.2, 0.25) is 0 Å². The number of amides is 1. The Kier molecular flexibility index (Phi) is 5.60. The fourth-order valence-electron chi connectivity index (χ4n) is 2.93. The van der Waals surface area contributed by atoms with Crippen molar-refractivity contribution in [3.63, 3.8) is 0 Å². The molecule has 8 nitrogen and oxygen atoms in total. The molecule has 0 radical (unpaired) electrons. The molecule has 9 heteroatoms. The van der Waals surface area contributed by atoms with Crippen molar-refractivity contribution in [2.45, 2.75) is 25.7 Å². The molecular formula is C20H21N3O5S. The molecule has 1 heterocycles. The van der Waals surface area contributed by atoms with Crippen LogP contribution in [0.3, 0.4) is 0 Å². The number of aryl methyl sites for hydroxylation is 2. The number of nitrogens with one attached hydrogen (secondary N) is 2. The molecule has 0 aliphatic carbocycles. The number of methoxy groups -OCH3 is 1. The smallest absolute Gasteiger partial charge is 0.262 e. The first-order valence-electron chi connectivity index (χ1n) is 8.73. The van der Waals surface area contributed by atoms with Crippen molar-refractivity contribution < 1.29 is 22.5 Å². The summed E-state index contributed by atoms with van der Waals surface area (Å²) in [5.41, 5.74) is 2.50. The SMILES string of the molecule is COc1ccccc1NS(=O)(=O)c1cc(-c2c(C)noc2NC(C)=O)ccc1C. The highest BCUT2D eigenvalue weighted by Crippen LogP contribution is 2.34. The molecule has 0 fully saturated rings. The minimum absolute atomic E-state index is 0.0929. The van der Waals surface area contributed by atoms with E-state index >= 15 is 0 Å². The average molecular weight is 415 g/mol. The standard InChI is InChI=1S/C20H21N3O5S/c1-12-9-10-15(19-13(2)22-28-20(19)21-14(3)24)11-18(12)29(25,26)23-16-7-5-6-8-17(16)27-4/h5-11,23H,1-4H3,(H,21,24). The Morgan fingerprint density at radius 1 is 1.14 bits per heavy atom. The molecule has 0 bridgehead atoms. The van der Waals surface area contributed by atoms with Gasteiger partial charge in [0, 0.05) is 6.92 Å². The highest BCUT2D eigenvalue weighted by atomic mass is 32.2. The monoisotopic (exact) mass is 415 g/mol. The van der Waals surface area contributed by atoms with E-state index in [9.17, 15) is 13.2 Å². The van der Waals surface area contributed by atoms with Gasteiger partial charge in [-0.3, -0.25) is 14.8 Å². The largest absolute Gasteiger partial charge is 0.495 e. The number of carbonyl (C=O) groups excluding carboxylic acids is 1. The molecule has 0 saturated carbocycles. The van der Waals surface area contributed by atoms with Crippen LogP contribution >= 0.6 is 0 Å². The minimum Gasteiger partial charge on any atom is -0.495 e. The van der Waals surface area contributed by atoms with E-state index in [0.29, 0.717) is 33.8 Å². The Morgan fingerprint density at radius 2 is 1.86 bits per heavy atom. The average Bonchev–Trinajstić information content (AvgIpc) is 3.01. The number of nitrogens with zero attached hydrogens (tertiary/aromatic N) is 1. The predicted molar refractivity (Wildman–Crippen MR) is 110 cm³/mol. The lowest BCUT2D eigenvalue weighted by Crippen LogP contribution is -2.15. The van der Waals surface area contributed by atoms with Gasteiger partial charge in [0.25, 0.3) is 10.0 Å². The maximum atomic E-state index is 13.1. The first-order chi connectivity index (χ1) is 13.7. The van der Waals surface area contributed by atoms with Crippen molar-refractivity contribution >= 4 is 27.5 Å². The lowest BCUT2D eigenvalue weighted by atomic mass is 10.0. The van der Waals surface area contributed by atoms with Gasteiger partial charge in [0.05, 0.1) is 29.0 Å². The van der Waals surface area contributed by atoms with E-state index in [4.69, 9.17) is 9.26 Å². The Hall–Kier alpha value is -3.33. The van der Waals surface area contributed by atoms with Crippen LogP contribution in [0, 0.1) is 13.8 Å². The molecule has 1 aromatic heterocycles. The second kappa shape index (κ2) is 7.96. The van der Waals surface area contributed by atoms with Gasteiger partial charge in [-0.05, 0) is 43.2 Å². The first-order valence-corrected chi connectivity index (χ1v) is 10.2. The third-order valence-corrected chi connectivity index (χ3v) is 5.78. The Balaban J connectivity index is 2.06. The third-order valence-electron chi connectivity index (χ3n) is 4.27. The van der Waals surface area contributed by atoms with Gasteiger partial charge < -0.3 is 9.26 Å². The maximum absolute atomic E-state index is 13.1. The minimum atomic E-state index is -3.91. The van der Waals surface area contributed by atoms with E-state index in [1.54, 1.807) is 50.2 Å². The molecule has 3 aromatic rings. The number of hydrogen-bond acceptors (Lipinski definition) is 6. The molecule has 29 heavy (non-hydrogen) atoms. The molecule has 1 amide bonds. The van der Waals surface area contributed by atoms with Gasteiger partial charge in [0.1, 0.15) is 5.75 Å². The van der Waals surface area contributed by atoms with Gasteiger partial charge >= 0.3 is 0 Å². The fraction of sp³-hybridized carbons (Fsp3) is 0.200. The number of hydrogen-bond donors (Lipinski definition) is 2.